The lowest BCUT2D eigenvalue weighted by Gasteiger charge is -2.11. The van der Waals surface area contributed by atoms with Crippen LogP contribution < -0.4 is 0 Å². The number of carbonyl (C=O) groups is 1. The van der Waals surface area contributed by atoms with Gasteiger partial charge in [-0.2, -0.15) is 0 Å². The number of esters is 1. The van der Waals surface area contributed by atoms with Gasteiger partial charge in [0.05, 0.1) is 11.3 Å². The van der Waals surface area contributed by atoms with Gasteiger partial charge in [0.2, 0.25) is 0 Å². The van der Waals surface area contributed by atoms with E-state index in [2.05, 4.69) is 10.2 Å². The number of nitrogens with zero attached hydrogens (tertiary/aromatic N) is 2. The largest absolute Gasteiger partial charge is 0.452 e. The molecule has 1 aromatic carbocycles. The Morgan fingerprint density at radius 3 is 2.67 bits per heavy atom. The molecule has 0 amide bonds. The van der Waals surface area contributed by atoms with Crippen LogP contribution in [0.4, 0.5) is 0 Å². The molecule has 0 spiro atoms. The molecule has 0 aliphatic carbocycles. The second-order valence-electron chi connectivity index (χ2n) is 4.93. The first-order valence-electron chi connectivity index (χ1n) is 7.04. The van der Waals surface area contributed by atoms with E-state index in [4.69, 9.17) is 32.4 Å². The number of ether oxygens (including phenoxy) is 1. The van der Waals surface area contributed by atoms with Gasteiger partial charge in [0.25, 0.3) is 11.8 Å². The summed E-state index contributed by atoms with van der Waals surface area (Å²) in [5.41, 5.74) is 0.530. The Labute approximate surface area is 152 Å². The number of carbonyl (C=O) groups excluding carboxylic acids is 1. The van der Waals surface area contributed by atoms with Gasteiger partial charge in [-0.25, -0.2) is 0 Å². The number of hydrogen-bond donors (Lipinski definition) is 0. The Morgan fingerprint density at radius 2 is 2.00 bits per heavy atom. The summed E-state index contributed by atoms with van der Waals surface area (Å²) in [7, 11) is 0. The van der Waals surface area contributed by atoms with Gasteiger partial charge in [0, 0.05) is 15.6 Å². The van der Waals surface area contributed by atoms with Crippen molar-refractivity contribution >= 4 is 40.5 Å². The topological polar surface area (TPSA) is 65.2 Å². The molecule has 8 heteroatoms. The molecule has 0 saturated heterocycles. The SMILES string of the molecule is C[C@H](OC(=O)Cc1c(Cl)cccc1Cl)c1nnc(-c2cccs2)o1. The molecule has 3 rings (SSSR count). The Bertz CT molecular complexity index is 829. The first-order valence-corrected chi connectivity index (χ1v) is 8.68. The summed E-state index contributed by atoms with van der Waals surface area (Å²) in [6.07, 6.45) is -0.700. The van der Waals surface area contributed by atoms with Crippen LogP contribution in [0.25, 0.3) is 10.8 Å². The molecule has 3 aromatic rings. The lowest BCUT2D eigenvalue weighted by molar-refractivity contribution is -0.148. The van der Waals surface area contributed by atoms with Crippen LogP contribution >= 0.6 is 34.5 Å². The van der Waals surface area contributed by atoms with Crippen LogP contribution in [0, 0.1) is 0 Å². The zero-order valence-electron chi connectivity index (χ0n) is 12.5. The predicted molar refractivity (Wildman–Crippen MR) is 92.3 cm³/mol. The molecule has 2 heterocycles. The van der Waals surface area contributed by atoms with Gasteiger partial charge in [0.1, 0.15) is 0 Å². The molecule has 1 atom stereocenters. The monoisotopic (exact) mass is 382 g/mol. The Kier molecular flexibility index (Phi) is 5.18. The van der Waals surface area contributed by atoms with Crippen molar-refractivity contribution in [3.8, 4) is 10.8 Å². The number of aromatic nitrogens is 2. The minimum Gasteiger partial charge on any atom is -0.452 e. The fourth-order valence-corrected chi connectivity index (χ4v) is 3.21. The highest BCUT2D eigenvalue weighted by molar-refractivity contribution is 7.13. The molecule has 5 nitrogen and oxygen atoms in total. The lowest BCUT2D eigenvalue weighted by atomic mass is 10.1. The maximum Gasteiger partial charge on any atom is 0.311 e. The minimum atomic E-state index is -0.667. The third-order valence-electron chi connectivity index (χ3n) is 3.21. The third kappa shape index (κ3) is 3.77. The molecule has 0 saturated carbocycles. The second kappa shape index (κ2) is 7.34. The highest BCUT2D eigenvalue weighted by Gasteiger charge is 2.20. The van der Waals surface area contributed by atoms with Gasteiger partial charge in [-0.15, -0.1) is 21.5 Å². The molecular formula is C16H12Cl2N2O3S. The van der Waals surface area contributed by atoms with Crippen LogP contribution in [0.2, 0.25) is 10.0 Å². The quantitative estimate of drug-likeness (QED) is 0.583. The molecule has 0 aliphatic heterocycles. The van der Waals surface area contributed by atoms with E-state index >= 15 is 0 Å². The van der Waals surface area contributed by atoms with Crippen molar-refractivity contribution in [1.82, 2.24) is 10.2 Å². The van der Waals surface area contributed by atoms with Gasteiger partial charge in [-0.3, -0.25) is 4.79 Å². The van der Waals surface area contributed by atoms with Crippen molar-refractivity contribution in [2.75, 3.05) is 0 Å². The summed E-state index contributed by atoms with van der Waals surface area (Å²) < 4.78 is 10.9. The summed E-state index contributed by atoms with van der Waals surface area (Å²) in [4.78, 5) is 13.0. The highest BCUT2D eigenvalue weighted by atomic mass is 35.5. The fourth-order valence-electron chi connectivity index (χ4n) is 2.03. The summed E-state index contributed by atoms with van der Waals surface area (Å²) in [6.45, 7) is 1.66. The van der Waals surface area contributed by atoms with Crippen LogP contribution in [-0.4, -0.2) is 16.2 Å². The zero-order valence-corrected chi connectivity index (χ0v) is 14.9. The minimum absolute atomic E-state index is 0.0330. The number of halogens is 2. The average molecular weight is 383 g/mol. The van der Waals surface area contributed by atoms with E-state index in [1.165, 1.54) is 11.3 Å². The van der Waals surface area contributed by atoms with E-state index in [9.17, 15) is 4.79 Å². The lowest BCUT2D eigenvalue weighted by Crippen LogP contribution is -2.12. The zero-order chi connectivity index (χ0) is 17.1. The summed E-state index contributed by atoms with van der Waals surface area (Å²) in [6, 6.07) is 8.82. The van der Waals surface area contributed by atoms with Crippen LogP contribution in [0.3, 0.4) is 0 Å². The van der Waals surface area contributed by atoms with Crippen molar-refractivity contribution < 1.29 is 13.9 Å². The molecule has 0 unspecified atom stereocenters. The number of thiophene rings is 1. The first kappa shape index (κ1) is 17.0. The molecule has 2 aromatic heterocycles. The van der Waals surface area contributed by atoms with E-state index in [1.54, 1.807) is 25.1 Å². The van der Waals surface area contributed by atoms with Crippen LogP contribution in [0.15, 0.2) is 40.1 Å². The Morgan fingerprint density at radius 1 is 1.25 bits per heavy atom. The van der Waals surface area contributed by atoms with E-state index < -0.39 is 12.1 Å². The van der Waals surface area contributed by atoms with Crippen LogP contribution in [-0.2, 0) is 16.0 Å². The van der Waals surface area contributed by atoms with Crippen molar-refractivity contribution in [3.63, 3.8) is 0 Å². The van der Waals surface area contributed by atoms with Crippen molar-refractivity contribution in [2.45, 2.75) is 19.4 Å². The second-order valence-corrected chi connectivity index (χ2v) is 6.69. The van der Waals surface area contributed by atoms with Gasteiger partial charge in [0.15, 0.2) is 6.10 Å². The summed E-state index contributed by atoms with van der Waals surface area (Å²) in [5.74, 6) is 0.155. The fraction of sp³-hybridized carbons (Fsp3) is 0.188. The predicted octanol–water partition coefficient (Wildman–Crippen LogP) is 4.95. The number of hydrogen-bond acceptors (Lipinski definition) is 6. The van der Waals surface area contributed by atoms with Crippen molar-refractivity contribution in [3.05, 3.63) is 57.2 Å². The van der Waals surface area contributed by atoms with Crippen LogP contribution in [0.5, 0.6) is 0 Å². The maximum absolute atomic E-state index is 12.1. The third-order valence-corrected chi connectivity index (χ3v) is 4.78. The molecule has 0 bridgehead atoms. The van der Waals surface area contributed by atoms with Gasteiger partial charge < -0.3 is 9.15 Å². The molecule has 0 radical (unpaired) electrons. The van der Waals surface area contributed by atoms with Gasteiger partial charge >= 0.3 is 5.97 Å². The van der Waals surface area contributed by atoms with E-state index in [-0.39, 0.29) is 12.3 Å². The summed E-state index contributed by atoms with van der Waals surface area (Å²) >= 11 is 13.6. The summed E-state index contributed by atoms with van der Waals surface area (Å²) in [5, 5.41) is 10.6. The van der Waals surface area contributed by atoms with E-state index in [0.717, 1.165) is 4.88 Å². The number of benzene rings is 1. The molecule has 0 aliphatic rings. The average Bonchev–Trinajstić information content (AvgIpc) is 3.21. The van der Waals surface area contributed by atoms with E-state index in [0.29, 0.717) is 21.5 Å². The molecule has 124 valence electrons. The van der Waals surface area contributed by atoms with Crippen molar-refractivity contribution in [2.24, 2.45) is 0 Å². The Balaban J connectivity index is 1.66. The maximum atomic E-state index is 12.1. The molecular weight excluding hydrogens is 371 g/mol. The van der Waals surface area contributed by atoms with Crippen LogP contribution in [0.1, 0.15) is 24.5 Å². The first-order chi connectivity index (χ1) is 11.5. The van der Waals surface area contributed by atoms with Gasteiger partial charge in [-0.1, -0.05) is 35.3 Å². The number of rotatable bonds is 5. The molecule has 0 N–H and O–H groups in total. The standard InChI is InChI=1S/C16H12Cl2N2O3S/c1-9(15-19-20-16(23-15)13-6-3-7-24-13)22-14(21)8-10-11(17)4-2-5-12(10)18/h2-7,9H,8H2,1H3/t9-/m0/s1. The smallest absolute Gasteiger partial charge is 0.311 e. The Hall–Kier alpha value is -1.89. The van der Waals surface area contributed by atoms with Gasteiger partial charge in [-0.05, 0) is 30.5 Å². The highest BCUT2D eigenvalue weighted by Crippen LogP contribution is 2.27. The normalized spacial score (nSPS) is 12.1. The molecule has 0 fully saturated rings. The molecule has 24 heavy (non-hydrogen) atoms. The van der Waals surface area contributed by atoms with E-state index in [1.807, 2.05) is 17.5 Å². The van der Waals surface area contributed by atoms with Crippen molar-refractivity contribution in [1.29, 1.82) is 0 Å².